The lowest BCUT2D eigenvalue weighted by Gasteiger charge is -2.27. The summed E-state index contributed by atoms with van der Waals surface area (Å²) >= 11 is 2.06. The van der Waals surface area contributed by atoms with E-state index < -0.39 is 0 Å². The van der Waals surface area contributed by atoms with E-state index >= 15 is 0 Å². The van der Waals surface area contributed by atoms with E-state index in [2.05, 4.69) is 55.4 Å². The number of hydrogen-bond acceptors (Lipinski definition) is 2. The zero-order chi connectivity index (χ0) is 13.0. The highest BCUT2D eigenvalue weighted by Crippen LogP contribution is 2.39. The molecule has 2 rings (SSSR count). The van der Waals surface area contributed by atoms with Gasteiger partial charge in [-0.2, -0.15) is 11.8 Å². The molecule has 100 valence electrons. The van der Waals surface area contributed by atoms with Crippen LogP contribution in [0.25, 0.3) is 0 Å². The van der Waals surface area contributed by atoms with Crippen LogP contribution in [0, 0.1) is 13.8 Å². The highest BCUT2D eigenvalue weighted by molar-refractivity contribution is 8.00. The van der Waals surface area contributed by atoms with Gasteiger partial charge in [-0.05, 0) is 38.5 Å². The second-order valence-electron chi connectivity index (χ2n) is 5.69. The van der Waals surface area contributed by atoms with Crippen LogP contribution in [0.5, 0.6) is 0 Å². The summed E-state index contributed by atoms with van der Waals surface area (Å²) in [5, 5.41) is 3.67. The van der Waals surface area contributed by atoms with Gasteiger partial charge in [0.15, 0.2) is 0 Å². The van der Waals surface area contributed by atoms with Crippen molar-refractivity contribution in [3.63, 3.8) is 0 Å². The lowest BCUT2D eigenvalue weighted by atomic mass is 10.1. The van der Waals surface area contributed by atoms with Gasteiger partial charge in [0.25, 0.3) is 0 Å². The molecule has 1 fully saturated rings. The van der Waals surface area contributed by atoms with E-state index in [1.165, 1.54) is 42.4 Å². The first-order valence-electron chi connectivity index (χ1n) is 6.97. The summed E-state index contributed by atoms with van der Waals surface area (Å²) in [5.74, 6) is 0. The number of hydrogen-bond donors (Lipinski definition) is 1. The summed E-state index contributed by atoms with van der Waals surface area (Å²) < 4.78 is 0.513. The molecule has 2 heteroatoms. The van der Waals surface area contributed by atoms with E-state index in [1.54, 1.807) is 0 Å². The van der Waals surface area contributed by atoms with Crippen molar-refractivity contribution in [1.29, 1.82) is 0 Å². The molecule has 0 unspecified atom stereocenters. The molecule has 1 N–H and O–H groups in total. The molecule has 0 heterocycles. The third kappa shape index (κ3) is 3.52. The molecule has 0 aliphatic heterocycles. The molecule has 1 aromatic carbocycles. The van der Waals surface area contributed by atoms with Gasteiger partial charge in [0.05, 0.1) is 0 Å². The third-order valence-corrected chi connectivity index (χ3v) is 5.42. The maximum Gasteiger partial charge on any atom is 0.0281 e. The molecule has 1 aromatic rings. The van der Waals surface area contributed by atoms with Gasteiger partial charge < -0.3 is 5.32 Å². The first-order chi connectivity index (χ1) is 8.63. The Labute approximate surface area is 116 Å². The predicted octanol–water partition coefficient (Wildman–Crippen LogP) is 4.07. The Morgan fingerprint density at radius 1 is 1.11 bits per heavy atom. The van der Waals surface area contributed by atoms with Crippen LogP contribution in [0.4, 0.5) is 0 Å². The molecule has 0 spiro atoms. The van der Waals surface area contributed by atoms with Crippen molar-refractivity contribution >= 4 is 11.8 Å². The standard InChI is InChI=1S/C16H25NS/c1-13-8-14(2)10-15(9-13)11-17-12-16(18-3)6-4-5-7-16/h8-10,17H,4-7,11-12H2,1-3H3. The fraction of sp³-hybridized carbons (Fsp3) is 0.625. The van der Waals surface area contributed by atoms with Crippen LogP contribution in [-0.2, 0) is 6.54 Å². The van der Waals surface area contributed by atoms with Crippen molar-refractivity contribution in [2.24, 2.45) is 0 Å². The van der Waals surface area contributed by atoms with Gasteiger partial charge in [0.1, 0.15) is 0 Å². The van der Waals surface area contributed by atoms with Gasteiger partial charge in [-0.25, -0.2) is 0 Å². The normalized spacial score (nSPS) is 18.2. The molecule has 0 bridgehead atoms. The summed E-state index contributed by atoms with van der Waals surface area (Å²) in [6.45, 7) is 6.51. The number of rotatable bonds is 5. The van der Waals surface area contributed by atoms with Crippen molar-refractivity contribution in [2.75, 3.05) is 12.8 Å². The molecular weight excluding hydrogens is 238 g/mol. The van der Waals surface area contributed by atoms with Gasteiger partial charge in [0.2, 0.25) is 0 Å². The second-order valence-corrected chi connectivity index (χ2v) is 6.97. The number of aryl methyl sites for hydroxylation is 2. The van der Waals surface area contributed by atoms with Crippen molar-refractivity contribution in [3.05, 3.63) is 34.9 Å². The molecule has 0 radical (unpaired) electrons. The lowest BCUT2D eigenvalue weighted by molar-refractivity contribution is 0.533. The van der Waals surface area contributed by atoms with E-state index in [-0.39, 0.29) is 0 Å². The van der Waals surface area contributed by atoms with E-state index in [0.717, 1.165) is 13.1 Å². The smallest absolute Gasteiger partial charge is 0.0281 e. The molecule has 0 amide bonds. The van der Waals surface area contributed by atoms with E-state index in [1.807, 2.05) is 0 Å². The number of nitrogens with one attached hydrogen (secondary N) is 1. The Morgan fingerprint density at radius 2 is 1.72 bits per heavy atom. The summed E-state index contributed by atoms with van der Waals surface area (Å²) in [6, 6.07) is 6.82. The molecule has 0 atom stereocenters. The molecule has 1 saturated carbocycles. The summed E-state index contributed by atoms with van der Waals surface area (Å²) in [6.07, 6.45) is 7.85. The molecule has 0 saturated heterocycles. The summed E-state index contributed by atoms with van der Waals surface area (Å²) in [4.78, 5) is 0. The quantitative estimate of drug-likeness (QED) is 0.859. The van der Waals surface area contributed by atoms with E-state index in [4.69, 9.17) is 0 Å². The molecule has 1 aliphatic carbocycles. The van der Waals surface area contributed by atoms with Gasteiger partial charge in [-0.3, -0.25) is 0 Å². The molecule has 1 aliphatic rings. The minimum atomic E-state index is 0.513. The molecule has 1 nitrogen and oxygen atoms in total. The number of thioether (sulfide) groups is 1. The Morgan fingerprint density at radius 3 is 2.28 bits per heavy atom. The highest BCUT2D eigenvalue weighted by atomic mass is 32.2. The maximum absolute atomic E-state index is 3.67. The fourth-order valence-electron chi connectivity index (χ4n) is 3.08. The topological polar surface area (TPSA) is 12.0 Å². The summed E-state index contributed by atoms with van der Waals surface area (Å²) in [5.41, 5.74) is 4.15. The van der Waals surface area contributed by atoms with Crippen LogP contribution in [-0.4, -0.2) is 17.5 Å². The first-order valence-corrected chi connectivity index (χ1v) is 8.19. The van der Waals surface area contributed by atoms with Gasteiger partial charge in [-0.1, -0.05) is 42.2 Å². The zero-order valence-corrected chi connectivity index (χ0v) is 12.7. The van der Waals surface area contributed by atoms with E-state index in [9.17, 15) is 0 Å². The van der Waals surface area contributed by atoms with Crippen LogP contribution < -0.4 is 5.32 Å². The number of benzene rings is 1. The molecular formula is C16H25NS. The predicted molar refractivity (Wildman–Crippen MR) is 82.3 cm³/mol. The van der Waals surface area contributed by atoms with Crippen LogP contribution >= 0.6 is 11.8 Å². The Hall–Kier alpha value is -0.470. The third-order valence-electron chi connectivity index (χ3n) is 4.01. The second kappa shape index (κ2) is 6.12. The minimum absolute atomic E-state index is 0.513. The van der Waals surface area contributed by atoms with Crippen molar-refractivity contribution in [1.82, 2.24) is 5.32 Å². The first kappa shape index (κ1) is 14.0. The Kier molecular flexibility index (Phi) is 4.74. The zero-order valence-electron chi connectivity index (χ0n) is 11.9. The van der Waals surface area contributed by atoms with Gasteiger partial charge in [0, 0.05) is 17.8 Å². The van der Waals surface area contributed by atoms with Crippen LogP contribution in [0.1, 0.15) is 42.4 Å². The van der Waals surface area contributed by atoms with Crippen LogP contribution in [0.3, 0.4) is 0 Å². The molecule has 18 heavy (non-hydrogen) atoms. The van der Waals surface area contributed by atoms with Crippen molar-refractivity contribution < 1.29 is 0 Å². The lowest BCUT2D eigenvalue weighted by Crippen LogP contribution is -2.34. The van der Waals surface area contributed by atoms with Gasteiger partial charge >= 0.3 is 0 Å². The Balaban J connectivity index is 1.87. The fourth-order valence-corrected chi connectivity index (χ4v) is 4.02. The highest BCUT2D eigenvalue weighted by Gasteiger charge is 2.32. The van der Waals surface area contributed by atoms with Crippen LogP contribution in [0.15, 0.2) is 18.2 Å². The average Bonchev–Trinajstić information content (AvgIpc) is 2.77. The van der Waals surface area contributed by atoms with Gasteiger partial charge in [-0.15, -0.1) is 0 Å². The van der Waals surface area contributed by atoms with E-state index in [0.29, 0.717) is 4.75 Å². The van der Waals surface area contributed by atoms with Crippen molar-refractivity contribution in [3.8, 4) is 0 Å². The average molecular weight is 263 g/mol. The Bertz CT molecular complexity index is 374. The minimum Gasteiger partial charge on any atom is -0.311 e. The van der Waals surface area contributed by atoms with Crippen LogP contribution in [0.2, 0.25) is 0 Å². The van der Waals surface area contributed by atoms with Crippen molar-refractivity contribution in [2.45, 2.75) is 50.8 Å². The summed E-state index contributed by atoms with van der Waals surface area (Å²) in [7, 11) is 0. The largest absolute Gasteiger partial charge is 0.311 e. The SMILES string of the molecule is CSC1(CNCc2cc(C)cc(C)c2)CCCC1. The molecule has 0 aromatic heterocycles. The monoisotopic (exact) mass is 263 g/mol. The maximum atomic E-state index is 3.67.